The molecule has 1 rings (SSSR count). The van der Waals surface area contributed by atoms with Gasteiger partial charge in [0.25, 0.3) is 0 Å². The van der Waals surface area contributed by atoms with Crippen LogP contribution in [0.1, 0.15) is 32.1 Å². The minimum Gasteiger partial charge on any atom is -0.481 e. The molecule has 76 valence electrons. The molecule has 0 saturated carbocycles. The van der Waals surface area contributed by atoms with Gasteiger partial charge < -0.3 is 16.2 Å². The van der Waals surface area contributed by atoms with Crippen LogP contribution < -0.4 is 11.1 Å². The predicted molar refractivity (Wildman–Crippen MR) is 50.2 cm³/mol. The molecule has 0 aromatic carbocycles. The number of piperidine rings is 1. The van der Waals surface area contributed by atoms with Crippen molar-refractivity contribution in [2.45, 2.75) is 38.3 Å². The van der Waals surface area contributed by atoms with Gasteiger partial charge in [-0.25, -0.2) is 0 Å². The third-order valence-electron chi connectivity index (χ3n) is 2.61. The molecular weight excluding hydrogens is 168 g/mol. The molecule has 0 aromatic rings. The lowest BCUT2D eigenvalue weighted by atomic mass is 9.91. The quantitative estimate of drug-likeness (QED) is 0.598. The standard InChI is InChI=1S/C9H18N2O2/c10-9-7(4-2-6-11-9)3-1-5-8(12)13/h7,9,11H,1-6,10H2,(H,12,13). The molecule has 4 nitrogen and oxygen atoms in total. The van der Waals surface area contributed by atoms with Crippen molar-refractivity contribution in [2.24, 2.45) is 11.7 Å². The molecule has 0 aromatic heterocycles. The van der Waals surface area contributed by atoms with Gasteiger partial charge in [-0.3, -0.25) is 4.79 Å². The molecule has 0 amide bonds. The van der Waals surface area contributed by atoms with E-state index in [0.29, 0.717) is 5.92 Å². The van der Waals surface area contributed by atoms with Gasteiger partial charge in [0.15, 0.2) is 0 Å². The van der Waals surface area contributed by atoms with Crippen LogP contribution in [0.25, 0.3) is 0 Å². The minimum atomic E-state index is -0.711. The van der Waals surface area contributed by atoms with Crippen LogP contribution in [0, 0.1) is 5.92 Å². The molecule has 1 fully saturated rings. The molecular formula is C9H18N2O2. The molecule has 1 heterocycles. The molecule has 13 heavy (non-hydrogen) atoms. The average Bonchev–Trinajstić information content (AvgIpc) is 2.08. The Morgan fingerprint density at radius 2 is 2.38 bits per heavy atom. The van der Waals surface area contributed by atoms with Crippen LogP contribution in [-0.2, 0) is 4.79 Å². The molecule has 0 radical (unpaired) electrons. The van der Waals surface area contributed by atoms with Crippen LogP contribution in [0.2, 0.25) is 0 Å². The number of rotatable bonds is 4. The van der Waals surface area contributed by atoms with Gasteiger partial charge in [0.05, 0.1) is 6.17 Å². The number of aliphatic carboxylic acids is 1. The summed E-state index contributed by atoms with van der Waals surface area (Å²) in [5.41, 5.74) is 5.84. The first-order chi connectivity index (χ1) is 6.20. The van der Waals surface area contributed by atoms with E-state index in [1.165, 1.54) is 0 Å². The fourth-order valence-corrected chi connectivity index (χ4v) is 1.82. The van der Waals surface area contributed by atoms with Crippen molar-refractivity contribution in [3.05, 3.63) is 0 Å². The van der Waals surface area contributed by atoms with Crippen molar-refractivity contribution in [2.75, 3.05) is 6.54 Å². The lowest BCUT2D eigenvalue weighted by Crippen LogP contribution is -2.47. The first kappa shape index (κ1) is 10.5. The van der Waals surface area contributed by atoms with E-state index in [0.717, 1.165) is 32.2 Å². The lowest BCUT2D eigenvalue weighted by molar-refractivity contribution is -0.137. The Morgan fingerprint density at radius 3 is 3.00 bits per heavy atom. The van der Waals surface area contributed by atoms with Gasteiger partial charge in [-0.2, -0.15) is 0 Å². The summed E-state index contributed by atoms with van der Waals surface area (Å²) < 4.78 is 0. The maximum absolute atomic E-state index is 10.3. The highest BCUT2D eigenvalue weighted by molar-refractivity contribution is 5.66. The molecule has 1 aliphatic rings. The fraction of sp³-hybridized carbons (Fsp3) is 0.889. The van der Waals surface area contributed by atoms with Crippen molar-refractivity contribution in [3.63, 3.8) is 0 Å². The largest absolute Gasteiger partial charge is 0.481 e. The number of nitrogens with two attached hydrogens (primary N) is 1. The van der Waals surface area contributed by atoms with Crippen LogP contribution in [0.5, 0.6) is 0 Å². The normalized spacial score (nSPS) is 28.7. The number of carbonyl (C=O) groups is 1. The molecule has 1 saturated heterocycles. The lowest BCUT2D eigenvalue weighted by Gasteiger charge is -2.29. The zero-order valence-corrected chi connectivity index (χ0v) is 7.83. The maximum Gasteiger partial charge on any atom is 0.303 e. The fourth-order valence-electron chi connectivity index (χ4n) is 1.82. The first-order valence-corrected chi connectivity index (χ1v) is 4.91. The van der Waals surface area contributed by atoms with Gasteiger partial charge in [0.2, 0.25) is 0 Å². The Bertz CT molecular complexity index is 173. The van der Waals surface area contributed by atoms with Crippen molar-refractivity contribution in [1.82, 2.24) is 5.32 Å². The second kappa shape index (κ2) is 5.19. The topological polar surface area (TPSA) is 75.3 Å². The van der Waals surface area contributed by atoms with Gasteiger partial charge in [0, 0.05) is 6.42 Å². The summed E-state index contributed by atoms with van der Waals surface area (Å²) in [6, 6.07) is 0. The van der Waals surface area contributed by atoms with E-state index in [-0.39, 0.29) is 12.6 Å². The van der Waals surface area contributed by atoms with Crippen molar-refractivity contribution in [3.8, 4) is 0 Å². The van der Waals surface area contributed by atoms with Crippen molar-refractivity contribution < 1.29 is 9.90 Å². The summed E-state index contributed by atoms with van der Waals surface area (Å²) in [7, 11) is 0. The maximum atomic E-state index is 10.3. The molecule has 2 atom stereocenters. The number of carboxylic acid groups (broad SMARTS) is 1. The molecule has 4 N–H and O–H groups in total. The van der Waals surface area contributed by atoms with Gasteiger partial charge in [0.1, 0.15) is 0 Å². The molecule has 1 aliphatic heterocycles. The Morgan fingerprint density at radius 1 is 1.62 bits per heavy atom. The zero-order chi connectivity index (χ0) is 9.68. The third kappa shape index (κ3) is 3.74. The summed E-state index contributed by atoms with van der Waals surface area (Å²) in [6.45, 7) is 0.997. The molecule has 0 aliphatic carbocycles. The Labute approximate surface area is 78.5 Å². The summed E-state index contributed by atoms with van der Waals surface area (Å²) >= 11 is 0. The van der Waals surface area contributed by atoms with Crippen molar-refractivity contribution >= 4 is 5.97 Å². The Balaban J connectivity index is 2.15. The number of hydrogen-bond donors (Lipinski definition) is 3. The van der Waals surface area contributed by atoms with E-state index >= 15 is 0 Å². The van der Waals surface area contributed by atoms with Gasteiger partial charge in [-0.05, 0) is 38.1 Å². The third-order valence-corrected chi connectivity index (χ3v) is 2.61. The Kier molecular flexibility index (Phi) is 4.18. The van der Waals surface area contributed by atoms with Crippen LogP contribution in [-0.4, -0.2) is 23.8 Å². The zero-order valence-electron chi connectivity index (χ0n) is 7.83. The summed E-state index contributed by atoms with van der Waals surface area (Å²) in [5, 5.41) is 11.7. The second-order valence-electron chi connectivity index (χ2n) is 3.67. The van der Waals surface area contributed by atoms with E-state index in [1.54, 1.807) is 0 Å². The van der Waals surface area contributed by atoms with Gasteiger partial charge >= 0.3 is 5.97 Å². The SMILES string of the molecule is NC1NCCCC1CCCC(=O)O. The van der Waals surface area contributed by atoms with E-state index in [9.17, 15) is 4.79 Å². The Hall–Kier alpha value is -0.610. The second-order valence-corrected chi connectivity index (χ2v) is 3.67. The highest BCUT2D eigenvalue weighted by Crippen LogP contribution is 2.19. The molecule has 0 bridgehead atoms. The highest BCUT2D eigenvalue weighted by atomic mass is 16.4. The summed E-state index contributed by atoms with van der Waals surface area (Å²) in [4.78, 5) is 10.3. The molecule has 4 heteroatoms. The van der Waals surface area contributed by atoms with Crippen LogP contribution in [0.15, 0.2) is 0 Å². The number of carboxylic acids is 1. The van der Waals surface area contributed by atoms with Gasteiger partial charge in [-0.15, -0.1) is 0 Å². The monoisotopic (exact) mass is 186 g/mol. The predicted octanol–water partition coefficient (Wildman–Crippen LogP) is 0.526. The molecule has 2 unspecified atom stereocenters. The van der Waals surface area contributed by atoms with E-state index in [4.69, 9.17) is 10.8 Å². The van der Waals surface area contributed by atoms with Crippen molar-refractivity contribution in [1.29, 1.82) is 0 Å². The van der Waals surface area contributed by atoms with E-state index in [2.05, 4.69) is 5.32 Å². The van der Waals surface area contributed by atoms with Crippen LogP contribution in [0.4, 0.5) is 0 Å². The number of hydrogen-bond acceptors (Lipinski definition) is 3. The van der Waals surface area contributed by atoms with E-state index in [1.807, 2.05) is 0 Å². The van der Waals surface area contributed by atoms with E-state index < -0.39 is 5.97 Å². The van der Waals surface area contributed by atoms with Gasteiger partial charge in [-0.1, -0.05) is 0 Å². The summed E-state index contributed by atoms with van der Waals surface area (Å²) in [5.74, 6) is -0.245. The minimum absolute atomic E-state index is 0.0718. The van der Waals surface area contributed by atoms with Crippen LogP contribution >= 0.6 is 0 Å². The molecule has 0 spiro atoms. The number of nitrogens with one attached hydrogen (secondary N) is 1. The highest BCUT2D eigenvalue weighted by Gasteiger charge is 2.20. The van der Waals surface area contributed by atoms with Crippen LogP contribution in [0.3, 0.4) is 0 Å². The smallest absolute Gasteiger partial charge is 0.303 e. The average molecular weight is 186 g/mol. The first-order valence-electron chi connectivity index (χ1n) is 4.91. The summed E-state index contributed by atoms with van der Waals surface area (Å²) in [6.07, 6.45) is 4.31.